The van der Waals surface area contributed by atoms with Crippen molar-refractivity contribution in [3.8, 4) is 11.5 Å². The van der Waals surface area contributed by atoms with Crippen molar-refractivity contribution in [3.05, 3.63) is 30.2 Å². The molecule has 0 aliphatic carbocycles. The molecule has 1 saturated heterocycles. The van der Waals surface area contributed by atoms with Gasteiger partial charge in [0.15, 0.2) is 17.2 Å². The lowest BCUT2D eigenvalue weighted by Gasteiger charge is -2.34. The minimum atomic E-state index is -0.149. The summed E-state index contributed by atoms with van der Waals surface area (Å²) in [6.07, 6.45) is 1.39. The molecule has 4 rings (SSSR count). The van der Waals surface area contributed by atoms with E-state index < -0.39 is 0 Å². The smallest absolute Gasteiger partial charge is 0.276 e. The lowest BCUT2D eigenvalue weighted by atomic mass is 10.2. The molecule has 0 saturated carbocycles. The summed E-state index contributed by atoms with van der Waals surface area (Å²) in [4.78, 5) is 25.2. The lowest BCUT2D eigenvalue weighted by molar-refractivity contribution is 0.0736. The SMILES string of the molecule is COc1cc2nc(N3CCN(C(=O)c4ccon4)CC3)nc(N)c2cc1OC.Cl. The van der Waals surface area contributed by atoms with Crippen molar-refractivity contribution >= 4 is 41.0 Å². The number of halogens is 1. The van der Waals surface area contributed by atoms with Crippen LogP contribution in [0, 0.1) is 0 Å². The quantitative estimate of drug-likeness (QED) is 0.670. The number of piperazine rings is 1. The monoisotopic (exact) mass is 420 g/mol. The number of nitrogen functional groups attached to an aromatic ring is 1. The average molecular weight is 421 g/mol. The highest BCUT2D eigenvalue weighted by Gasteiger charge is 2.25. The summed E-state index contributed by atoms with van der Waals surface area (Å²) in [5.41, 5.74) is 7.14. The van der Waals surface area contributed by atoms with Crippen LogP contribution in [0.2, 0.25) is 0 Å². The van der Waals surface area contributed by atoms with Crippen molar-refractivity contribution in [1.29, 1.82) is 0 Å². The van der Waals surface area contributed by atoms with E-state index in [2.05, 4.69) is 15.1 Å². The summed E-state index contributed by atoms with van der Waals surface area (Å²) < 4.78 is 15.4. The lowest BCUT2D eigenvalue weighted by Crippen LogP contribution is -2.49. The second kappa shape index (κ2) is 8.39. The zero-order valence-corrected chi connectivity index (χ0v) is 16.8. The van der Waals surface area contributed by atoms with Crippen LogP contribution in [-0.2, 0) is 0 Å². The Labute approximate surface area is 173 Å². The number of fused-ring (bicyclic) bond motifs is 1. The number of benzene rings is 1. The molecule has 2 N–H and O–H groups in total. The van der Waals surface area contributed by atoms with E-state index >= 15 is 0 Å². The molecule has 3 aromatic rings. The third-order valence-corrected chi connectivity index (χ3v) is 4.73. The molecule has 0 spiro atoms. The highest BCUT2D eigenvalue weighted by Crippen LogP contribution is 2.34. The van der Waals surface area contributed by atoms with Crippen LogP contribution in [0.4, 0.5) is 11.8 Å². The van der Waals surface area contributed by atoms with E-state index in [1.807, 2.05) is 4.90 Å². The first-order valence-electron chi connectivity index (χ1n) is 8.74. The van der Waals surface area contributed by atoms with Gasteiger partial charge in [-0.05, 0) is 6.07 Å². The summed E-state index contributed by atoms with van der Waals surface area (Å²) in [6, 6.07) is 5.10. The summed E-state index contributed by atoms with van der Waals surface area (Å²) in [7, 11) is 3.13. The number of hydrogen-bond acceptors (Lipinski definition) is 9. The van der Waals surface area contributed by atoms with Gasteiger partial charge in [-0.1, -0.05) is 5.16 Å². The summed E-state index contributed by atoms with van der Waals surface area (Å²) in [5, 5.41) is 4.40. The van der Waals surface area contributed by atoms with E-state index in [1.54, 1.807) is 37.3 Å². The average Bonchev–Trinajstić information content (AvgIpc) is 3.27. The molecule has 0 bridgehead atoms. The second-order valence-electron chi connectivity index (χ2n) is 6.30. The molecule has 1 fully saturated rings. The van der Waals surface area contributed by atoms with Crippen LogP contribution >= 0.6 is 12.4 Å². The number of rotatable bonds is 4. The van der Waals surface area contributed by atoms with Gasteiger partial charge in [-0.15, -0.1) is 12.4 Å². The highest BCUT2D eigenvalue weighted by molar-refractivity contribution is 5.93. The van der Waals surface area contributed by atoms with Crippen LogP contribution in [0.25, 0.3) is 10.9 Å². The molecular formula is C18H21ClN6O4. The number of ether oxygens (including phenoxy) is 2. The van der Waals surface area contributed by atoms with Crippen molar-refractivity contribution in [3.63, 3.8) is 0 Å². The summed E-state index contributed by atoms with van der Waals surface area (Å²) >= 11 is 0. The Morgan fingerprint density at radius 3 is 2.41 bits per heavy atom. The van der Waals surface area contributed by atoms with E-state index in [1.165, 1.54) is 6.26 Å². The van der Waals surface area contributed by atoms with Gasteiger partial charge in [-0.2, -0.15) is 4.98 Å². The minimum absolute atomic E-state index is 0. The molecule has 1 aliphatic heterocycles. The molecule has 10 nitrogen and oxygen atoms in total. The van der Waals surface area contributed by atoms with Crippen LogP contribution in [0.1, 0.15) is 10.5 Å². The van der Waals surface area contributed by atoms with E-state index in [0.717, 1.165) is 0 Å². The molecule has 1 aromatic carbocycles. The first-order valence-corrected chi connectivity index (χ1v) is 8.74. The summed E-state index contributed by atoms with van der Waals surface area (Å²) in [5.74, 6) is 1.87. The molecule has 154 valence electrons. The van der Waals surface area contributed by atoms with E-state index in [-0.39, 0.29) is 18.3 Å². The number of aromatic nitrogens is 3. The maximum Gasteiger partial charge on any atom is 0.276 e. The van der Waals surface area contributed by atoms with Gasteiger partial charge in [0, 0.05) is 43.7 Å². The zero-order chi connectivity index (χ0) is 19.7. The van der Waals surface area contributed by atoms with E-state index in [0.29, 0.717) is 66.0 Å². The first-order chi connectivity index (χ1) is 13.6. The Hall–Kier alpha value is -3.27. The van der Waals surface area contributed by atoms with Crippen molar-refractivity contribution in [2.24, 2.45) is 0 Å². The van der Waals surface area contributed by atoms with Crippen LogP contribution in [0.3, 0.4) is 0 Å². The zero-order valence-electron chi connectivity index (χ0n) is 16.0. The fourth-order valence-corrected chi connectivity index (χ4v) is 3.20. The van der Waals surface area contributed by atoms with Gasteiger partial charge in [-0.3, -0.25) is 4.79 Å². The van der Waals surface area contributed by atoms with Crippen molar-refractivity contribution in [2.75, 3.05) is 51.0 Å². The maximum atomic E-state index is 12.4. The number of methoxy groups -OCH3 is 2. The maximum absolute atomic E-state index is 12.4. The number of nitrogens with zero attached hydrogens (tertiary/aromatic N) is 5. The Kier molecular flexibility index (Phi) is 5.92. The number of carbonyl (C=O) groups excluding carboxylic acids is 1. The van der Waals surface area contributed by atoms with Crippen LogP contribution in [0.15, 0.2) is 29.0 Å². The topological polar surface area (TPSA) is 120 Å². The van der Waals surface area contributed by atoms with Crippen LogP contribution < -0.4 is 20.1 Å². The molecule has 0 radical (unpaired) electrons. The fourth-order valence-electron chi connectivity index (χ4n) is 3.20. The van der Waals surface area contributed by atoms with Crippen molar-refractivity contribution < 1.29 is 18.8 Å². The van der Waals surface area contributed by atoms with Crippen LogP contribution in [0.5, 0.6) is 11.5 Å². The predicted molar refractivity (Wildman–Crippen MR) is 109 cm³/mol. The minimum Gasteiger partial charge on any atom is -0.493 e. The standard InChI is InChI=1S/C18H20N6O4.ClH/c1-26-14-9-11-13(10-15(14)27-2)20-18(21-16(11)19)24-6-4-23(5-7-24)17(25)12-3-8-28-22-12;/h3,8-10H,4-7H2,1-2H3,(H2,19,20,21);1H. The number of anilines is 2. The molecule has 0 unspecified atom stereocenters. The predicted octanol–water partition coefficient (Wildman–Crippen LogP) is 1.60. The first kappa shape index (κ1) is 20.5. The van der Waals surface area contributed by atoms with Crippen molar-refractivity contribution in [1.82, 2.24) is 20.0 Å². The van der Waals surface area contributed by atoms with E-state index in [4.69, 9.17) is 19.7 Å². The van der Waals surface area contributed by atoms with Gasteiger partial charge in [0.05, 0.1) is 19.7 Å². The van der Waals surface area contributed by atoms with Gasteiger partial charge in [-0.25, -0.2) is 4.98 Å². The van der Waals surface area contributed by atoms with E-state index in [9.17, 15) is 4.79 Å². The Morgan fingerprint density at radius 1 is 1.10 bits per heavy atom. The van der Waals surface area contributed by atoms with Crippen LogP contribution in [-0.4, -0.2) is 66.3 Å². The van der Waals surface area contributed by atoms with Gasteiger partial charge >= 0.3 is 0 Å². The third kappa shape index (κ3) is 3.83. The number of hydrogen-bond donors (Lipinski definition) is 1. The number of carbonyl (C=O) groups is 1. The van der Waals surface area contributed by atoms with Gasteiger partial charge in [0.2, 0.25) is 5.95 Å². The van der Waals surface area contributed by atoms with Crippen molar-refractivity contribution in [2.45, 2.75) is 0 Å². The molecule has 1 aliphatic rings. The summed E-state index contributed by atoms with van der Waals surface area (Å²) in [6.45, 7) is 2.22. The molecule has 3 heterocycles. The number of nitrogens with two attached hydrogens (primary N) is 1. The van der Waals surface area contributed by atoms with Gasteiger partial charge < -0.3 is 29.5 Å². The molecule has 29 heavy (non-hydrogen) atoms. The molecular weight excluding hydrogens is 400 g/mol. The van der Waals surface area contributed by atoms with Gasteiger partial charge in [0.25, 0.3) is 5.91 Å². The Morgan fingerprint density at radius 2 is 1.79 bits per heavy atom. The van der Waals surface area contributed by atoms with Gasteiger partial charge in [0.1, 0.15) is 12.1 Å². The Bertz CT molecular complexity index is 1010. The highest BCUT2D eigenvalue weighted by atomic mass is 35.5. The number of amides is 1. The largest absolute Gasteiger partial charge is 0.493 e. The third-order valence-electron chi connectivity index (χ3n) is 4.73. The fraction of sp³-hybridized carbons (Fsp3) is 0.333. The Balaban J connectivity index is 0.00000240. The molecule has 1 amide bonds. The molecule has 2 aromatic heterocycles. The normalized spacial score (nSPS) is 13.9. The second-order valence-corrected chi connectivity index (χ2v) is 6.30. The molecule has 11 heteroatoms. The molecule has 0 atom stereocenters.